The maximum Gasteiger partial charge on any atom is 0.304 e. The fraction of sp³-hybridized carbons (Fsp3) is 0.387. The lowest BCUT2D eigenvalue weighted by Gasteiger charge is -2.27. The highest BCUT2D eigenvalue weighted by Gasteiger charge is 2.39. The van der Waals surface area contributed by atoms with Crippen LogP contribution in [0.25, 0.3) is 11.0 Å². The van der Waals surface area contributed by atoms with Gasteiger partial charge in [0.25, 0.3) is 0 Å². The molecule has 3 heterocycles. The smallest absolute Gasteiger partial charge is 0.304 e. The van der Waals surface area contributed by atoms with E-state index < -0.39 is 21.9 Å². The first kappa shape index (κ1) is 27.4. The number of benzene rings is 3. The van der Waals surface area contributed by atoms with Gasteiger partial charge in [-0.2, -0.15) is 4.31 Å². The van der Waals surface area contributed by atoms with Gasteiger partial charge in [-0.05, 0) is 79.6 Å². The standard InChI is InChI=1S/C31H35N5O4S/c1-4-36-28-14-13-25(21(3)31(28)32-33-36)26(17-30(37)38)22-12-11-20(2)23(16-22)18-34-19-24-8-7-15-35(24)27-9-5-6-10-29(27)41(34,39)40/h5-6,9-14,16,24,26H,4,7-8,15,17-19H2,1-3H3,(H,37,38)/t24-,26?/m1/s1. The van der Waals surface area contributed by atoms with Crippen LogP contribution in [0.3, 0.4) is 0 Å². The summed E-state index contributed by atoms with van der Waals surface area (Å²) < 4.78 is 31.4. The number of aromatic nitrogens is 3. The molecule has 0 spiro atoms. The van der Waals surface area contributed by atoms with Crippen LogP contribution in [0.5, 0.6) is 0 Å². The topological polar surface area (TPSA) is 109 Å². The van der Waals surface area contributed by atoms with Crippen LogP contribution in [-0.4, -0.2) is 57.9 Å². The van der Waals surface area contributed by atoms with Crippen molar-refractivity contribution in [1.82, 2.24) is 19.3 Å². The van der Waals surface area contributed by atoms with Crippen LogP contribution in [0.2, 0.25) is 0 Å². The number of nitrogens with zero attached hydrogens (tertiary/aromatic N) is 5. The highest BCUT2D eigenvalue weighted by atomic mass is 32.2. The lowest BCUT2D eigenvalue weighted by atomic mass is 9.84. The molecule has 1 unspecified atom stereocenters. The number of hydrogen-bond acceptors (Lipinski definition) is 6. The summed E-state index contributed by atoms with van der Waals surface area (Å²) in [6.45, 7) is 8.14. The molecule has 6 rings (SSSR count). The van der Waals surface area contributed by atoms with Crippen LogP contribution in [0.15, 0.2) is 59.5 Å². The van der Waals surface area contributed by atoms with Crippen molar-refractivity contribution in [2.75, 3.05) is 18.0 Å². The Bertz CT molecular complexity index is 1750. The fourth-order valence-corrected chi connectivity index (χ4v) is 8.18. The number of aliphatic carboxylic acids is 1. The molecule has 1 saturated heterocycles. The molecular formula is C31H35N5O4S. The second kappa shape index (κ2) is 10.6. The summed E-state index contributed by atoms with van der Waals surface area (Å²) in [5.41, 5.74) is 6.95. The molecule has 4 aromatic rings. The first-order valence-electron chi connectivity index (χ1n) is 14.2. The second-order valence-electron chi connectivity index (χ2n) is 11.1. The average molecular weight is 574 g/mol. The van der Waals surface area contributed by atoms with Crippen LogP contribution >= 0.6 is 0 Å². The number of carboxylic acids is 1. The van der Waals surface area contributed by atoms with E-state index in [1.807, 2.05) is 67.9 Å². The van der Waals surface area contributed by atoms with Crippen LogP contribution < -0.4 is 4.90 Å². The normalized spacial score (nSPS) is 19.1. The Morgan fingerprint density at radius 1 is 1.12 bits per heavy atom. The molecule has 10 heteroatoms. The summed E-state index contributed by atoms with van der Waals surface area (Å²) in [4.78, 5) is 14.7. The van der Waals surface area contributed by atoms with Gasteiger partial charge in [-0.15, -0.1) is 5.10 Å². The molecule has 3 aromatic carbocycles. The quantitative estimate of drug-likeness (QED) is 0.337. The third kappa shape index (κ3) is 4.78. The van der Waals surface area contributed by atoms with Gasteiger partial charge in [0, 0.05) is 38.1 Å². The maximum atomic E-state index is 14.0. The van der Waals surface area contributed by atoms with Crippen LogP contribution in [0.4, 0.5) is 5.69 Å². The zero-order valence-corrected chi connectivity index (χ0v) is 24.4. The van der Waals surface area contributed by atoms with Crippen molar-refractivity contribution in [2.24, 2.45) is 0 Å². The average Bonchev–Trinajstić information content (AvgIpc) is 3.58. The molecule has 2 atom stereocenters. The first-order valence-corrected chi connectivity index (χ1v) is 15.6. The van der Waals surface area contributed by atoms with Crippen molar-refractivity contribution < 1.29 is 18.3 Å². The molecule has 1 N–H and O–H groups in total. The highest BCUT2D eigenvalue weighted by Crippen LogP contribution is 2.39. The summed E-state index contributed by atoms with van der Waals surface area (Å²) in [6, 6.07) is 17.3. The van der Waals surface area contributed by atoms with Gasteiger partial charge in [-0.3, -0.25) is 4.79 Å². The van der Waals surface area contributed by atoms with Crippen molar-refractivity contribution in [3.05, 3.63) is 82.4 Å². The summed E-state index contributed by atoms with van der Waals surface area (Å²) in [6.07, 6.45) is 1.89. The number of hydrogen-bond donors (Lipinski definition) is 1. The summed E-state index contributed by atoms with van der Waals surface area (Å²) in [7, 11) is -3.73. The molecule has 2 aliphatic rings. The summed E-state index contributed by atoms with van der Waals surface area (Å²) in [5.74, 6) is -1.32. The van der Waals surface area contributed by atoms with E-state index in [0.717, 1.165) is 63.9 Å². The number of carbonyl (C=O) groups is 1. The van der Waals surface area contributed by atoms with Crippen LogP contribution in [0.1, 0.15) is 59.9 Å². The third-order valence-electron chi connectivity index (χ3n) is 8.74. The molecular weight excluding hydrogens is 538 g/mol. The van der Waals surface area contributed by atoms with E-state index in [1.54, 1.807) is 16.4 Å². The van der Waals surface area contributed by atoms with Gasteiger partial charge in [0.15, 0.2) is 0 Å². The van der Waals surface area contributed by atoms with E-state index in [0.29, 0.717) is 18.0 Å². The maximum absolute atomic E-state index is 14.0. The molecule has 0 amide bonds. The molecule has 0 radical (unpaired) electrons. The Kier molecular flexibility index (Phi) is 7.07. The molecule has 41 heavy (non-hydrogen) atoms. The van der Waals surface area contributed by atoms with Crippen LogP contribution in [0, 0.1) is 13.8 Å². The zero-order chi connectivity index (χ0) is 28.9. The minimum Gasteiger partial charge on any atom is -0.481 e. The number of anilines is 1. The van der Waals surface area contributed by atoms with Crippen molar-refractivity contribution in [3.8, 4) is 0 Å². The molecule has 9 nitrogen and oxygen atoms in total. The molecule has 0 bridgehead atoms. The number of sulfonamides is 1. The number of rotatable bonds is 7. The Hall–Kier alpha value is -3.76. The van der Waals surface area contributed by atoms with E-state index in [4.69, 9.17) is 0 Å². The SMILES string of the molecule is CCn1nnc2c(C)c(C(CC(=O)O)c3ccc(C)c(CN4C[C@H]5CCCN5c5ccccc5S4(=O)=O)c3)ccc21. The monoisotopic (exact) mass is 573 g/mol. The Morgan fingerprint density at radius 2 is 1.93 bits per heavy atom. The van der Waals surface area contributed by atoms with Crippen molar-refractivity contribution in [2.45, 2.75) is 70.0 Å². The largest absolute Gasteiger partial charge is 0.481 e. The van der Waals surface area contributed by atoms with E-state index in [2.05, 4.69) is 15.2 Å². The van der Waals surface area contributed by atoms with Crippen molar-refractivity contribution in [3.63, 3.8) is 0 Å². The highest BCUT2D eigenvalue weighted by molar-refractivity contribution is 7.89. The Morgan fingerprint density at radius 3 is 2.71 bits per heavy atom. The third-order valence-corrected chi connectivity index (χ3v) is 10.6. The Balaban J connectivity index is 1.40. The summed E-state index contributed by atoms with van der Waals surface area (Å²) in [5, 5.41) is 18.5. The predicted molar refractivity (Wildman–Crippen MR) is 158 cm³/mol. The lowest BCUT2D eigenvalue weighted by Crippen LogP contribution is -2.39. The van der Waals surface area contributed by atoms with E-state index in [1.165, 1.54) is 0 Å². The fourth-order valence-electron chi connectivity index (χ4n) is 6.52. The molecule has 0 aliphatic carbocycles. The number of para-hydroxylation sites is 1. The first-order chi connectivity index (χ1) is 19.7. The summed E-state index contributed by atoms with van der Waals surface area (Å²) >= 11 is 0. The van der Waals surface area contributed by atoms with Crippen molar-refractivity contribution >= 4 is 32.7 Å². The minimum atomic E-state index is -3.73. The predicted octanol–water partition coefficient (Wildman–Crippen LogP) is 4.85. The van der Waals surface area contributed by atoms with Gasteiger partial charge >= 0.3 is 5.97 Å². The van der Waals surface area contributed by atoms with E-state index in [-0.39, 0.29) is 19.0 Å². The number of fused-ring (bicyclic) bond motifs is 4. The van der Waals surface area contributed by atoms with Gasteiger partial charge in [-0.1, -0.05) is 41.6 Å². The van der Waals surface area contributed by atoms with Gasteiger partial charge in [0.1, 0.15) is 10.4 Å². The van der Waals surface area contributed by atoms with E-state index in [9.17, 15) is 18.3 Å². The van der Waals surface area contributed by atoms with Gasteiger partial charge in [0.05, 0.1) is 17.6 Å². The molecule has 0 saturated carbocycles. The number of carboxylic acid groups (broad SMARTS) is 1. The number of aryl methyl sites for hydroxylation is 3. The molecule has 2 aliphatic heterocycles. The molecule has 1 fully saturated rings. The zero-order valence-electron chi connectivity index (χ0n) is 23.6. The molecule has 214 valence electrons. The van der Waals surface area contributed by atoms with Crippen LogP contribution in [-0.2, 0) is 27.9 Å². The Labute approximate surface area is 240 Å². The molecule has 1 aromatic heterocycles. The second-order valence-corrected chi connectivity index (χ2v) is 13.1. The van der Waals surface area contributed by atoms with Crippen molar-refractivity contribution in [1.29, 1.82) is 0 Å². The minimum absolute atomic E-state index is 0.0941. The van der Waals surface area contributed by atoms with Gasteiger partial charge in [0.2, 0.25) is 10.0 Å². The van der Waals surface area contributed by atoms with Gasteiger partial charge in [-0.25, -0.2) is 13.1 Å². The van der Waals surface area contributed by atoms with E-state index >= 15 is 0 Å². The van der Waals surface area contributed by atoms with Gasteiger partial charge < -0.3 is 10.0 Å². The lowest BCUT2D eigenvalue weighted by molar-refractivity contribution is -0.137.